The van der Waals surface area contributed by atoms with Gasteiger partial charge in [0.15, 0.2) is 0 Å². The summed E-state index contributed by atoms with van der Waals surface area (Å²) >= 11 is 0. The Hall–Kier alpha value is -0.677. The third-order valence-electron chi connectivity index (χ3n) is 0.357. The molecule has 0 heterocycles. The maximum atomic E-state index is 9.45. The molecular weight excluding hydrogens is 209 g/mol. The van der Waals surface area contributed by atoms with Crippen molar-refractivity contribution in [2.75, 3.05) is 0 Å². The summed E-state index contributed by atoms with van der Waals surface area (Å²) < 4.78 is 0. The van der Waals surface area contributed by atoms with E-state index >= 15 is 0 Å². The molecule has 0 aromatic carbocycles. The average molecular weight is 215 g/mol. The molecule has 0 aliphatic carbocycles. The van der Waals surface area contributed by atoms with Gasteiger partial charge in [-0.3, -0.25) is 0 Å². The van der Waals surface area contributed by atoms with Gasteiger partial charge in [-0.05, 0) is 13.1 Å². The molecule has 0 aromatic rings. The minimum atomic E-state index is -2.33. The van der Waals surface area contributed by atoms with Crippen LogP contribution in [0.15, 0.2) is 0 Å². The van der Waals surface area contributed by atoms with Gasteiger partial charge < -0.3 is 25.2 Å². The van der Waals surface area contributed by atoms with E-state index in [1.807, 2.05) is 0 Å². The summed E-state index contributed by atoms with van der Waals surface area (Å²) in [5.41, 5.74) is 0. The van der Waals surface area contributed by atoms with Crippen LogP contribution in [-0.2, 0) is 24.3 Å². The zero-order valence-electron chi connectivity index (χ0n) is 5.81. The van der Waals surface area contributed by atoms with E-state index in [-0.39, 0.29) is 19.5 Å². The number of rotatable bonds is 1. The molecule has 0 aromatic heterocycles. The van der Waals surface area contributed by atoms with E-state index in [1.165, 1.54) is 6.92 Å². The fraction of sp³-hybridized carbons (Fsp3) is 0.500. The number of aliphatic carboxylic acids is 1. The van der Waals surface area contributed by atoms with Crippen molar-refractivity contribution in [3.8, 4) is 0 Å². The van der Waals surface area contributed by atoms with Crippen LogP contribution in [0.1, 0.15) is 6.92 Å². The van der Waals surface area contributed by atoms with Gasteiger partial charge in [0, 0.05) is 0 Å². The molecule has 0 saturated heterocycles. The van der Waals surface area contributed by atoms with Crippen molar-refractivity contribution in [1.29, 1.82) is 0 Å². The first-order valence-electron chi connectivity index (χ1n) is 2.16. The monoisotopic (exact) mass is 214 g/mol. The van der Waals surface area contributed by atoms with Crippen LogP contribution >= 0.6 is 0 Å². The molecule has 0 bridgehead atoms. The molecule has 7 heteroatoms. The third kappa shape index (κ3) is 45.3. The first-order chi connectivity index (χ1) is 4.37. The minimum Gasteiger partial charge on any atom is -0.652 e. The Morgan fingerprint density at radius 3 is 1.45 bits per heavy atom. The van der Waals surface area contributed by atoms with Crippen LogP contribution in [0.2, 0.25) is 0 Å². The quantitative estimate of drug-likeness (QED) is 0.450. The van der Waals surface area contributed by atoms with Gasteiger partial charge in [-0.1, -0.05) is 0 Å². The number of hydrogen-bond donors (Lipinski definition) is 2. The van der Waals surface area contributed by atoms with Gasteiger partial charge in [0.25, 0.3) is 0 Å². The molecule has 0 saturated carbocycles. The predicted molar refractivity (Wildman–Crippen MR) is 24.7 cm³/mol. The van der Waals surface area contributed by atoms with E-state index in [0.717, 1.165) is 0 Å². The topological polar surface area (TPSA) is 121 Å². The average Bonchev–Trinajstić information content (AvgIpc) is 1.63. The van der Waals surface area contributed by atoms with Crippen molar-refractivity contribution in [3.63, 3.8) is 0 Å². The van der Waals surface area contributed by atoms with Crippen LogP contribution in [0.4, 0.5) is 4.79 Å². The Labute approximate surface area is 75.2 Å². The maximum Gasteiger partial charge on any atom is 2.00 e. The molecule has 0 amide bonds. The van der Waals surface area contributed by atoms with Crippen molar-refractivity contribution in [1.82, 2.24) is 0 Å². The number of carbonyl (C=O) groups is 2. The molecule has 1 unspecified atom stereocenters. The second-order valence-electron chi connectivity index (χ2n) is 1.26. The van der Waals surface area contributed by atoms with Crippen LogP contribution in [0.5, 0.6) is 0 Å². The number of hydrogen-bond acceptors (Lipinski definition) is 5. The van der Waals surface area contributed by atoms with Crippen LogP contribution in [0.3, 0.4) is 0 Å². The fourth-order valence-corrected chi connectivity index (χ4v) is 0. The van der Waals surface area contributed by atoms with Gasteiger partial charge in [0.1, 0.15) is 6.10 Å². The normalized spacial score (nSPS) is 9.64. The molecule has 6 nitrogen and oxygen atoms in total. The van der Waals surface area contributed by atoms with Crippen molar-refractivity contribution >= 4 is 12.1 Å². The van der Waals surface area contributed by atoms with Crippen LogP contribution in [0.25, 0.3) is 0 Å². The molecule has 0 radical (unpaired) electrons. The van der Waals surface area contributed by atoms with Crippen LogP contribution in [-0.4, -0.2) is 28.4 Å². The summed E-state index contributed by atoms with van der Waals surface area (Å²) in [5.74, 6) is -1.19. The number of carboxylic acids is 1. The largest absolute Gasteiger partial charge is 2.00 e. The molecule has 60 valence electrons. The number of aliphatic hydroxyl groups excluding tert-OH is 1. The second kappa shape index (κ2) is 9.32. The van der Waals surface area contributed by atoms with Crippen LogP contribution < -0.4 is 10.2 Å². The van der Waals surface area contributed by atoms with E-state index in [1.54, 1.807) is 0 Å². The summed E-state index contributed by atoms with van der Waals surface area (Å²) in [4.78, 5) is 17.8. The van der Waals surface area contributed by atoms with Gasteiger partial charge >= 0.3 is 25.4 Å². The second-order valence-corrected chi connectivity index (χ2v) is 1.26. The van der Waals surface area contributed by atoms with E-state index < -0.39 is 18.2 Å². The van der Waals surface area contributed by atoms with Crippen molar-refractivity contribution in [3.05, 3.63) is 0 Å². The molecule has 0 rings (SSSR count). The molecule has 1 atom stereocenters. The Morgan fingerprint density at radius 1 is 1.36 bits per heavy atom. The van der Waals surface area contributed by atoms with E-state index in [9.17, 15) is 4.79 Å². The summed E-state index contributed by atoms with van der Waals surface area (Å²) in [5, 5.41) is 32.4. The molecule has 0 spiro atoms. The van der Waals surface area contributed by atoms with Gasteiger partial charge in [0.05, 0.1) is 0 Å². The summed E-state index contributed by atoms with van der Waals surface area (Å²) in [6.07, 6.45) is -3.56. The molecule has 2 N–H and O–H groups in total. The SMILES string of the molecule is CC(O)C(=O)O.O=C([O-])[O-].[Zn+2]. The van der Waals surface area contributed by atoms with Crippen molar-refractivity contribution in [2.45, 2.75) is 13.0 Å². The van der Waals surface area contributed by atoms with Gasteiger partial charge in [-0.15, -0.1) is 0 Å². The third-order valence-corrected chi connectivity index (χ3v) is 0.357. The predicted octanol–water partition coefficient (Wildman–Crippen LogP) is -3.00. The molecule has 11 heavy (non-hydrogen) atoms. The molecule has 0 aliphatic heterocycles. The standard InChI is InChI=1S/C3H6O3.CH2O3.Zn/c1-2(4)3(5)6;2-1(3)4;/h2,4H,1H3,(H,5,6);(H2,2,3,4);/q;;+2/p-2. The van der Waals surface area contributed by atoms with Gasteiger partial charge in [-0.25, -0.2) is 4.79 Å². The Kier molecular flexibility index (Phi) is 14.2. The van der Waals surface area contributed by atoms with Crippen molar-refractivity contribution < 1.29 is 49.5 Å². The zero-order valence-corrected chi connectivity index (χ0v) is 8.78. The number of aliphatic hydroxyl groups is 1. The maximum absolute atomic E-state index is 9.45. The fourth-order valence-electron chi connectivity index (χ4n) is 0. The van der Waals surface area contributed by atoms with E-state index in [2.05, 4.69) is 0 Å². The minimum absolute atomic E-state index is 0. The zero-order chi connectivity index (χ0) is 8.73. The Bertz CT molecular complexity index is 118. The van der Waals surface area contributed by atoms with Gasteiger partial charge in [0.2, 0.25) is 0 Å². The summed E-state index contributed by atoms with van der Waals surface area (Å²) in [6, 6.07) is 0. The molecule has 0 aliphatic rings. The van der Waals surface area contributed by atoms with Gasteiger partial charge in [-0.2, -0.15) is 0 Å². The first kappa shape index (κ1) is 16.7. The van der Waals surface area contributed by atoms with E-state index in [0.29, 0.717) is 0 Å². The molecular formula is C4H6O6Zn. The number of carbonyl (C=O) groups excluding carboxylic acids is 1. The Morgan fingerprint density at radius 2 is 1.45 bits per heavy atom. The smallest absolute Gasteiger partial charge is 0.652 e. The first-order valence-corrected chi connectivity index (χ1v) is 2.16. The molecule has 0 fully saturated rings. The summed E-state index contributed by atoms with van der Waals surface area (Å²) in [6.45, 7) is 1.20. The Balaban J connectivity index is -0.000000114. The van der Waals surface area contributed by atoms with Crippen LogP contribution in [0, 0.1) is 0 Å². The number of carboxylic acid groups (broad SMARTS) is 3. The van der Waals surface area contributed by atoms with Crippen molar-refractivity contribution in [2.24, 2.45) is 0 Å². The summed E-state index contributed by atoms with van der Waals surface area (Å²) in [7, 11) is 0. The van der Waals surface area contributed by atoms with E-state index in [4.69, 9.17) is 25.2 Å².